The zero-order valence-electron chi connectivity index (χ0n) is 13.4. The minimum Gasteiger partial charge on any atom is -0.493 e. The van der Waals surface area contributed by atoms with Gasteiger partial charge < -0.3 is 14.8 Å². The fourth-order valence-corrected chi connectivity index (χ4v) is 2.26. The number of aldehydes is 1. The van der Waals surface area contributed by atoms with Crippen molar-refractivity contribution < 1.29 is 23.9 Å². The average molecular weight is 320 g/mol. The molecular formula is C16H20N2O5. The van der Waals surface area contributed by atoms with E-state index in [0.29, 0.717) is 29.0 Å². The van der Waals surface area contributed by atoms with Gasteiger partial charge in [-0.25, -0.2) is 0 Å². The Balaban J connectivity index is 2.33. The largest absolute Gasteiger partial charge is 0.493 e. The Bertz CT molecular complexity index is 629. The van der Waals surface area contributed by atoms with Gasteiger partial charge in [-0.1, -0.05) is 6.92 Å². The van der Waals surface area contributed by atoms with Crippen molar-refractivity contribution in [1.82, 2.24) is 5.32 Å². The molecular weight excluding hydrogens is 300 g/mol. The minimum absolute atomic E-state index is 0.0222. The molecule has 7 heteroatoms. The average Bonchev–Trinajstić information content (AvgIpc) is 2.56. The molecule has 0 saturated heterocycles. The maximum absolute atomic E-state index is 12.1. The molecule has 1 aromatic rings. The van der Waals surface area contributed by atoms with Crippen molar-refractivity contribution >= 4 is 23.8 Å². The second kappa shape index (κ2) is 7.13. The predicted octanol–water partition coefficient (Wildman–Crippen LogP) is 1.15. The van der Waals surface area contributed by atoms with Crippen molar-refractivity contribution in [2.75, 3.05) is 25.2 Å². The highest BCUT2D eigenvalue weighted by Crippen LogP contribution is 2.41. The van der Waals surface area contributed by atoms with E-state index in [1.54, 1.807) is 0 Å². The number of nitrogens with one attached hydrogen (secondary N) is 1. The fourth-order valence-electron chi connectivity index (χ4n) is 2.26. The van der Waals surface area contributed by atoms with Crippen molar-refractivity contribution in [3.05, 3.63) is 17.7 Å². The topological polar surface area (TPSA) is 84.9 Å². The van der Waals surface area contributed by atoms with Gasteiger partial charge in [-0.3, -0.25) is 19.3 Å². The van der Waals surface area contributed by atoms with Gasteiger partial charge >= 0.3 is 0 Å². The molecule has 0 aliphatic carbocycles. The monoisotopic (exact) mass is 320 g/mol. The third-order valence-electron chi connectivity index (χ3n) is 3.67. The van der Waals surface area contributed by atoms with Crippen LogP contribution in [0.15, 0.2) is 12.1 Å². The van der Waals surface area contributed by atoms with Gasteiger partial charge in [-0.2, -0.15) is 0 Å². The number of methoxy groups -OCH3 is 1. The smallest absolute Gasteiger partial charge is 0.265 e. The number of rotatable bonds is 6. The Morgan fingerprint density at radius 3 is 2.87 bits per heavy atom. The van der Waals surface area contributed by atoms with E-state index in [-0.39, 0.29) is 31.0 Å². The van der Waals surface area contributed by atoms with Crippen LogP contribution in [0.5, 0.6) is 11.5 Å². The minimum atomic E-state index is -0.345. The van der Waals surface area contributed by atoms with E-state index >= 15 is 0 Å². The van der Waals surface area contributed by atoms with Crippen LogP contribution in [0, 0.1) is 0 Å². The molecule has 2 amide bonds. The molecule has 0 aromatic heterocycles. The summed E-state index contributed by atoms with van der Waals surface area (Å²) < 4.78 is 10.6. The second-order valence-electron chi connectivity index (χ2n) is 5.33. The van der Waals surface area contributed by atoms with Crippen LogP contribution in [0.3, 0.4) is 0 Å². The van der Waals surface area contributed by atoms with Gasteiger partial charge in [0.2, 0.25) is 5.91 Å². The SMILES string of the molecule is CCC(C)NC(=O)CN1C(=O)COc2c(OC)cc(C=O)cc21. The third kappa shape index (κ3) is 3.61. The number of anilines is 1. The van der Waals surface area contributed by atoms with E-state index in [4.69, 9.17) is 9.47 Å². The molecule has 2 rings (SSSR count). The first-order valence-corrected chi connectivity index (χ1v) is 7.39. The number of hydrogen-bond donors (Lipinski definition) is 1. The van der Waals surface area contributed by atoms with E-state index in [2.05, 4.69) is 5.32 Å². The fraction of sp³-hybridized carbons (Fsp3) is 0.438. The van der Waals surface area contributed by atoms with Crippen molar-refractivity contribution in [3.8, 4) is 11.5 Å². The number of ether oxygens (including phenoxy) is 2. The van der Waals surface area contributed by atoms with Gasteiger partial charge in [-0.15, -0.1) is 0 Å². The summed E-state index contributed by atoms with van der Waals surface area (Å²) in [5.74, 6) is 0.0939. The second-order valence-corrected chi connectivity index (χ2v) is 5.33. The molecule has 0 fully saturated rings. The van der Waals surface area contributed by atoms with Gasteiger partial charge in [0.05, 0.1) is 12.8 Å². The molecule has 7 nitrogen and oxygen atoms in total. The summed E-state index contributed by atoms with van der Waals surface area (Å²) in [5.41, 5.74) is 0.702. The zero-order chi connectivity index (χ0) is 17.0. The zero-order valence-corrected chi connectivity index (χ0v) is 13.4. The predicted molar refractivity (Wildman–Crippen MR) is 84.1 cm³/mol. The molecule has 1 unspecified atom stereocenters. The van der Waals surface area contributed by atoms with Crippen LogP contribution in [0.2, 0.25) is 0 Å². The van der Waals surface area contributed by atoms with Crippen LogP contribution in [0.1, 0.15) is 30.6 Å². The lowest BCUT2D eigenvalue weighted by atomic mass is 10.1. The summed E-state index contributed by atoms with van der Waals surface area (Å²) >= 11 is 0. The van der Waals surface area contributed by atoms with E-state index in [9.17, 15) is 14.4 Å². The van der Waals surface area contributed by atoms with Crippen LogP contribution >= 0.6 is 0 Å². The van der Waals surface area contributed by atoms with Gasteiger partial charge in [0, 0.05) is 11.6 Å². The maximum Gasteiger partial charge on any atom is 0.265 e. The Morgan fingerprint density at radius 1 is 1.52 bits per heavy atom. The first kappa shape index (κ1) is 16.8. The molecule has 1 N–H and O–H groups in total. The van der Waals surface area contributed by atoms with Crippen molar-refractivity contribution in [2.24, 2.45) is 0 Å². The van der Waals surface area contributed by atoms with Crippen molar-refractivity contribution in [2.45, 2.75) is 26.3 Å². The summed E-state index contributed by atoms with van der Waals surface area (Å²) in [7, 11) is 1.45. The molecule has 1 atom stereocenters. The van der Waals surface area contributed by atoms with Crippen LogP contribution in [-0.4, -0.2) is 44.4 Å². The van der Waals surface area contributed by atoms with Gasteiger partial charge in [0.15, 0.2) is 18.1 Å². The highest BCUT2D eigenvalue weighted by Gasteiger charge is 2.30. The molecule has 1 aromatic carbocycles. The first-order valence-electron chi connectivity index (χ1n) is 7.39. The lowest BCUT2D eigenvalue weighted by Gasteiger charge is -2.30. The lowest BCUT2D eigenvalue weighted by Crippen LogP contribution is -2.46. The summed E-state index contributed by atoms with van der Waals surface area (Å²) in [5, 5.41) is 2.81. The van der Waals surface area contributed by atoms with Gasteiger partial charge in [-0.05, 0) is 25.5 Å². The Kier molecular flexibility index (Phi) is 5.20. The Hall–Kier alpha value is -2.57. The lowest BCUT2D eigenvalue weighted by molar-refractivity contribution is -0.125. The quantitative estimate of drug-likeness (QED) is 0.795. The summed E-state index contributed by atoms with van der Waals surface area (Å²) in [6.45, 7) is 3.53. The van der Waals surface area contributed by atoms with Gasteiger partial charge in [0.1, 0.15) is 12.8 Å². The maximum atomic E-state index is 12.1. The van der Waals surface area contributed by atoms with Crippen molar-refractivity contribution in [3.63, 3.8) is 0 Å². The molecule has 23 heavy (non-hydrogen) atoms. The van der Waals surface area contributed by atoms with Gasteiger partial charge in [0.25, 0.3) is 5.91 Å². The first-order chi connectivity index (χ1) is 11.0. The van der Waals surface area contributed by atoms with E-state index < -0.39 is 0 Å². The third-order valence-corrected chi connectivity index (χ3v) is 3.67. The van der Waals surface area contributed by atoms with E-state index in [0.717, 1.165) is 6.42 Å². The molecule has 0 radical (unpaired) electrons. The number of carbonyl (C=O) groups excluding carboxylic acids is 3. The van der Waals surface area contributed by atoms with E-state index in [1.807, 2.05) is 13.8 Å². The van der Waals surface area contributed by atoms with Crippen LogP contribution in [0.4, 0.5) is 5.69 Å². The molecule has 124 valence electrons. The van der Waals surface area contributed by atoms with Crippen LogP contribution < -0.4 is 19.7 Å². The molecule has 1 aliphatic heterocycles. The molecule has 1 heterocycles. The summed E-state index contributed by atoms with van der Waals surface area (Å²) in [6.07, 6.45) is 1.45. The number of fused-ring (bicyclic) bond motifs is 1. The highest BCUT2D eigenvalue weighted by atomic mass is 16.5. The molecule has 1 aliphatic rings. The van der Waals surface area contributed by atoms with Crippen LogP contribution in [-0.2, 0) is 9.59 Å². The van der Waals surface area contributed by atoms with Crippen molar-refractivity contribution in [1.29, 1.82) is 0 Å². The highest BCUT2D eigenvalue weighted by molar-refractivity contribution is 6.03. The molecule has 0 saturated carbocycles. The van der Waals surface area contributed by atoms with E-state index in [1.165, 1.54) is 24.1 Å². The number of benzene rings is 1. The summed E-state index contributed by atoms with van der Waals surface area (Å²) in [6, 6.07) is 3.06. The molecule has 0 spiro atoms. The number of hydrogen-bond acceptors (Lipinski definition) is 5. The summed E-state index contributed by atoms with van der Waals surface area (Å²) in [4.78, 5) is 36.6. The number of amides is 2. The molecule has 0 bridgehead atoms. The Labute approximate surface area is 134 Å². The number of carbonyl (C=O) groups is 3. The van der Waals surface area contributed by atoms with Crippen LogP contribution in [0.25, 0.3) is 0 Å². The Morgan fingerprint density at radius 2 is 2.26 bits per heavy atom. The standard InChI is InChI=1S/C16H20N2O5/c1-4-10(2)17-14(20)7-18-12-5-11(8-19)6-13(22-3)16(12)23-9-15(18)21/h5-6,8,10H,4,7,9H2,1-3H3,(H,17,20). The number of nitrogens with zero attached hydrogens (tertiary/aromatic N) is 1. The normalized spacial score (nSPS) is 14.6.